The van der Waals surface area contributed by atoms with Crippen molar-refractivity contribution in [3.8, 4) is 5.75 Å². The molecular formula is C21H26N2O3. The predicted octanol–water partition coefficient (Wildman–Crippen LogP) is 4.26. The normalized spacial score (nSPS) is 16.3. The van der Waals surface area contributed by atoms with Crippen LogP contribution in [-0.2, 0) is 11.3 Å². The standard InChI is InChI=1S/C21H26N2O3/c1-16-9-10-19(20(14-16)26-15-17-6-3-2-4-7-17)23-21(24)22-12-11-18-8-5-13-25-18/h2-4,6-7,9-10,14,18H,5,8,11-13,15H2,1H3,(H2,22,23,24)/t18-/m0/s1. The molecule has 2 amide bonds. The first-order chi connectivity index (χ1) is 12.7. The summed E-state index contributed by atoms with van der Waals surface area (Å²) in [5, 5.41) is 5.77. The number of nitrogens with one attached hydrogen (secondary N) is 2. The minimum Gasteiger partial charge on any atom is -0.487 e. The summed E-state index contributed by atoms with van der Waals surface area (Å²) >= 11 is 0. The second-order valence-electron chi connectivity index (χ2n) is 6.58. The van der Waals surface area contributed by atoms with Gasteiger partial charge in [0.2, 0.25) is 0 Å². The average Bonchev–Trinajstić information content (AvgIpc) is 3.16. The number of rotatable bonds is 7. The minimum absolute atomic E-state index is 0.226. The van der Waals surface area contributed by atoms with Crippen molar-refractivity contribution in [2.75, 3.05) is 18.5 Å². The number of aryl methyl sites for hydroxylation is 1. The van der Waals surface area contributed by atoms with Crippen molar-refractivity contribution in [3.05, 3.63) is 59.7 Å². The lowest BCUT2D eigenvalue weighted by atomic mass is 10.2. The maximum absolute atomic E-state index is 12.2. The Labute approximate surface area is 154 Å². The molecule has 0 aliphatic carbocycles. The zero-order valence-electron chi connectivity index (χ0n) is 15.2. The van der Waals surface area contributed by atoms with Crippen molar-refractivity contribution in [3.63, 3.8) is 0 Å². The first-order valence-electron chi connectivity index (χ1n) is 9.14. The van der Waals surface area contributed by atoms with E-state index in [2.05, 4.69) is 10.6 Å². The van der Waals surface area contributed by atoms with Crippen LogP contribution in [0.3, 0.4) is 0 Å². The van der Waals surface area contributed by atoms with Crippen molar-refractivity contribution >= 4 is 11.7 Å². The molecule has 1 atom stereocenters. The smallest absolute Gasteiger partial charge is 0.319 e. The Morgan fingerprint density at radius 1 is 1.23 bits per heavy atom. The average molecular weight is 354 g/mol. The number of anilines is 1. The highest BCUT2D eigenvalue weighted by atomic mass is 16.5. The van der Waals surface area contributed by atoms with Gasteiger partial charge in [-0.1, -0.05) is 36.4 Å². The number of carbonyl (C=O) groups is 1. The minimum atomic E-state index is -0.226. The summed E-state index contributed by atoms with van der Waals surface area (Å²) in [6.45, 7) is 3.89. The highest BCUT2D eigenvalue weighted by molar-refractivity contribution is 5.90. The van der Waals surface area contributed by atoms with Crippen LogP contribution in [-0.4, -0.2) is 25.3 Å². The van der Waals surface area contributed by atoms with Crippen LogP contribution in [0.2, 0.25) is 0 Å². The fraction of sp³-hybridized carbons (Fsp3) is 0.381. The molecule has 1 heterocycles. The molecule has 0 radical (unpaired) electrons. The molecule has 2 aromatic carbocycles. The Bertz CT molecular complexity index is 712. The second-order valence-corrected chi connectivity index (χ2v) is 6.58. The van der Waals surface area contributed by atoms with Gasteiger partial charge in [0, 0.05) is 13.2 Å². The number of carbonyl (C=O) groups excluding carboxylic acids is 1. The molecule has 26 heavy (non-hydrogen) atoms. The summed E-state index contributed by atoms with van der Waals surface area (Å²) in [5.41, 5.74) is 2.83. The van der Waals surface area contributed by atoms with Crippen LogP contribution < -0.4 is 15.4 Å². The summed E-state index contributed by atoms with van der Waals surface area (Å²) < 4.78 is 11.5. The molecule has 0 unspecified atom stereocenters. The van der Waals surface area contributed by atoms with Gasteiger partial charge in [-0.15, -0.1) is 0 Å². The largest absolute Gasteiger partial charge is 0.487 e. The van der Waals surface area contributed by atoms with E-state index in [-0.39, 0.29) is 12.1 Å². The van der Waals surface area contributed by atoms with E-state index < -0.39 is 0 Å². The summed E-state index contributed by atoms with van der Waals surface area (Å²) in [6, 6.07) is 15.5. The van der Waals surface area contributed by atoms with Crippen molar-refractivity contribution in [1.29, 1.82) is 0 Å². The van der Waals surface area contributed by atoms with E-state index in [1.54, 1.807) is 0 Å². The lowest BCUT2D eigenvalue weighted by molar-refractivity contribution is 0.105. The Morgan fingerprint density at radius 3 is 2.85 bits per heavy atom. The van der Waals surface area contributed by atoms with E-state index in [4.69, 9.17) is 9.47 Å². The van der Waals surface area contributed by atoms with Crippen LogP contribution in [0, 0.1) is 6.92 Å². The summed E-state index contributed by atoms with van der Waals surface area (Å²) in [4.78, 5) is 12.2. The molecule has 1 fully saturated rings. The van der Waals surface area contributed by atoms with Gasteiger partial charge >= 0.3 is 6.03 Å². The third-order valence-electron chi connectivity index (χ3n) is 4.40. The molecule has 2 aromatic rings. The van der Waals surface area contributed by atoms with Crippen LogP contribution in [0.4, 0.5) is 10.5 Å². The van der Waals surface area contributed by atoms with Crippen LogP contribution in [0.15, 0.2) is 48.5 Å². The monoisotopic (exact) mass is 354 g/mol. The van der Waals surface area contributed by atoms with E-state index in [0.29, 0.717) is 24.6 Å². The number of hydrogen-bond donors (Lipinski definition) is 2. The molecule has 3 rings (SSSR count). The van der Waals surface area contributed by atoms with E-state index in [1.807, 2.05) is 55.5 Å². The van der Waals surface area contributed by atoms with Gasteiger partial charge in [0.05, 0.1) is 11.8 Å². The maximum Gasteiger partial charge on any atom is 0.319 e. The van der Waals surface area contributed by atoms with Crippen molar-refractivity contribution in [2.24, 2.45) is 0 Å². The quantitative estimate of drug-likeness (QED) is 0.781. The van der Waals surface area contributed by atoms with Crippen LogP contribution in [0.25, 0.3) is 0 Å². The van der Waals surface area contributed by atoms with Gasteiger partial charge in [0.25, 0.3) is 0 Å². The van der Waals surface area contributed by atoms with Gasteiger partial charge in [-0.3, -0.25) is 0 Å². The molecule has 1 saturated heterocycles. The Morgan fingerprint density at radius 2 is 2.08 bits per heavy atom. The second kappa shape index (κ2) is 9.25. The lowest BCUT2D eigenvalue weighted by Crippen LogP contribution is -2.31. The topological polar surface area (TPSA) is 59.6 Å². The van der Waals surface area contributed by atoms with Crippen molar-refractivity contribution in [2.45, 2.75) is 38.9 Å². The van der Waals surface area contributed by atoms with Gasteiger partial charge in [0.1, 0.15) is 12.4 Å². The van der Waals surface area contributed by atoms with Gasteiger partial charge < -0.3 is 20.1 Å². The van der Waals surface area contributed by atoms with Crippen LogP contribution in [0.5, 0.6) is 5.75 Å². The van der Waals surface area contributed by atoms with Crippen molar-refractivity contribution in [1.82, 2.24) is 5.32 Å². The molecule has 0 saturated carbocycles. The third-order valence-corrected chi connectivity index (χ3v) is 4.40. The molecule has 0 aromatic heterocycles. The van der Waals surface area contributed by atoms with E-state index in [9.17, 15) is 4.79 Å². The van der Waals surface area contributed by atoms with Gasteiger partial charge in [-0.25, -0.2) is 4.79 Å². The predicted molar refractivity (Wildman–Crippen MR) is 103 cm³/mol. The van der Waals surface area contributed by atoms with E-state index >= 15 is 0 Å². The lowest BCUT2D eigenvalue weighted by Gasteiger charge is -2.15. The van der Waals surface area contributed by atoms with Gasteiger partial charge in [-0.05, 0) is 49.4 Å². The van der Waals surface area contributed by atoms with Crippen molar-refractivity contribution < 1.29 is 14.3 Å². The molecule has 0 spiro atoms. The molecule has 0 bridgehead atoms. The van der Waals surface area contributed by atoms with E-state index in [0.717, 1.165) is 37.0 Å². The fourth-order valence-electron chi connectivity index (χ4n) is 2.97. The molecular weight excluding hydrogens is 328 g/mol. The Balaban J connectivity index is 1.53. The summed E-state index contributed by atoms with van der Waals surface area (Å²) in [7, 11) is 0. The number of ether oxygens (including phenoxy) is 2. The Hall–Kier alpha value is -2.53. The highest BCUT2D eigenvalue weighted by Crippen LogP contribution is 2.26. The van der Waals surface area contributed by atoms with Gasteiger partial charge in [0.15, 0.2) is 0 Å². The summed E-state index contributed by atoms with van der Waals surface area (Å²) in [5.74, 6) is 0.670. The van der Waals surface area contributed by atoms with Crippen LogP contribution >= 0.6 is 0 Å². The first-order valence-corrected chi connectivity index (χ1v) is 9.14. The number of benzene rings is 2. The molecule has 2 N–H and O–H groups in total. The molecule has 138 valence electrons. The number of amides is 2. The number of urea groups is 1. The molecule has 5 heteroatoms. The maximum atomic E-state index is 12.2. The zero-order chi connectivity index (χ0) is 18.2. The third kappa shape index (κ3) is 5.49. The zero-order valence-corrected chi connectivity index (χ0v) is 15.2. The SMILES string of the molecule is Cc1ccc(NC(=O)NCC[C@@H]2CCCO2)c(OCc2ccccc2)c1. The fourth-order valence-corrected chi connectivity index (χ4v) is 2.97. The number of hydrogen-bond acceptors (Lipinski definition) is 3. The van der Waals surface area contributed by atoms with E-state index in [1.165, 1.54) is 0 Å². The van der Waals surface area contributed by atoms with Crippen LogP contribution in [0.1, 0.15) is 30.4 Å². The van der Waals surface area contributed by atoms with Gasteiger partial charge in [-0.2, -0.15) is 0 Å². The Kier molecular flexibility index (Phi) is 6.50. The highest BCUT2D eigenvalue weighted by Gasteiger charge is 2.15. The first kappa shape index (κ1) is 18.3. The molecule has 1 aliphatic rings. The summed E-state index contributed by atoms with van der Waals surface area (Å²) in [6.07, 6.45) is 3.32. The molecule has 5 nitrogen and oxygen atoms in total. The molecule has 1 aliphatic heterocycles.